The van der Waals surface area contributed by atoms with Gasteiger partial charge in [0.05, 0.1) is 11.5 Å². The highest BCUT2D eigenvalue weighted by molar-refractivity contribution is 5.50. The number of ether oxygens (including phenoxy) is 2. The Labute approximate surface area is 167 Å². The van der Waals surface area contributed by atoms with Crippen molar-refractivity contribution in [2.24, 2.45) is 0 Å². The summed E-state index contributed by atoms with van der Waals surface area (Å²) in [5, 5.41) is 20.0. The average molecular weight is 395 g/mol. The maximum Gasteiger partial charge on any atom is 0.270 e. The zero-order valence-corrected chi connectivity index (χ0v) is 15.9. The number of non-ortho nitro benzene ring substituents is 1. The van der Waals surface area contributed by atoms with Crippen LogP contribution in [0.1, 0.15) is 35.7 Å². The second-order valence-corrected chi connectivity index (χ2v) is 7.50. The molecule has 0 atom stereocenters. The van der Waals surface area contributed by atoms with Crippen LogP contribution < -0.4 is 4.74 Å². The largest absolute Gasteiger partial charge is 0.467 e. The van der Waals surface area contributed by atoms with E-state index in [1.54, 1.807) is 12.1 Å². The number of nitro benzene ring substituents is 1. The van der Waals surface area contributed by atoms with Gasteiger partial charge in [0.2, 0.25) is 0 Å². The number of benzene rings is 1. The normalized spacial score (nSPS) is 17.8. The van der Waals surface area contributed by atoms with Gasteiger partial charge in [-0.2, -0.15) is 0 Å². The summed E-state index contributed by atoms with van der Waals surface area (Å²) in [5.74, 6) is 2.09. The highest BCUT2D eigenvalue weighted by Gasteiger charge is 2.27. The predicted molar refractivity (Wildman–Crippen MR) is 104 cm³/mol. The molecule has 0 spiro atoms. The number of rotatable bonds is 4. The number of nitrogens with zero attached hydrogens (tertiary/aromatic N) is 5. The molecule has 4 heterocycles. The van der Waals surface area contributed by atoms with Crippen LogP contribution in [-0.2, 0) is 17.9 Å². The molecule has 0 unspecified atom stereocenters. The molecule has 5 rings (SSSR count). The van der Waals surface area contributed by atoms with Crippen LogP contribution >= 0.6 is 0 Å². The standard InChI is InChI=1S/C20H21N5O4/c26-25(27)17-9-15(19-16(10-17)12-28-13-29-19)11-23-7-4-14(5-8-23)20-22-21-18-3-1-2-6-24(18)20/h1-3,6,9-10,14H,4-5,7-8,11-13H2. The van der Waals surface area contributed by atoms with Crippen LogP contribution in [0.15, 0.2) is 36.5 Å². The van der Waals surface area contributed by atoms with E-state index in [1.807, 2.05) is 24.4 Å². The molecular formula is C20H21N5O4. The van der Waals surface area contributed by atoms with Gasteiger partial charge in [0.15, 0.2) is 12.4 Å². The van der Waals surface area contributed by atoms with E-state index in [1.165, 1.54) is 0 Å². The molecule has 0 amide bonds. The minimum Gasteiger partial charge on any atom is -0.467 e. The van der Waals surface area contributed by atoms with Crippen LogP contribution in [0.5, 0.6) is 5.75 Å². The summed E-state index contributed by atoms with van der Waals surface area (Å²) in [7, 11) is 0. The molecule has 150 valence electrons. The molecule has 3 aromatic rings. The highest BCUT2D eigenvalue weighted by atomic mass is 16.7. The summed E-state index contributed by atoms with van der Waals surface area (Å²) in [4.78, 5) is 13.3. The van der Waals surface area contributed by atoms with E-state index in [0.717, 1.165) is 54.3 Å². The smallest absolute Gasteiger partial charge is 0.270 e. The lowest BCUT2D eigenvalue weighted by molar-refractivity contribution is -0.385. The Kier molecular flexibility index (Phi) is 4.61. The van der Waals surface area contributed by atoms with E-state index in [0.29, 0.717) is 19.1 Å². The van der Waals surface area contributed by atoms with Crippen molar-refractivity contribution in [3.63, 3.8) is 0 Å². The molecule has 1 aromatic carbocycles. The van der Waals surface area contributed by atoms with Gasteiger partial charge in [0.25, 0.3) is 5.69 Å². The maximum atomic E-state index is 11.3. The fraction of sp³-hybridized carbons (Fsp3) is 0.400. The molecule has 1 saturated heterocycles. The first kappa shape index (κ1) is 18.0. The Morgan fingerprint density at radius 2 is 2.07 bits per heavy atom. The van der Waals surface area contributed by atoms with E-state index in [-0.39, 0.29) is 17.4 Å². The Morgan fingerprint density at radius 3 is 2.90 bits per heavy atom. The second-order valence-electron chi connectivity index (χ2n) is 7.50. The lowest BCUT2D eigenvalue weighted by Crippen LogP contribution is -2.33. The lowest BCUT2D eigenvalue weighted by Gasteiger charge is -2.32. The van der Waals surface area contributed by atoms with Crippen molar-refractivity contribution in [3.8, 4) is 5.75 Å². The van der Waals surface area contributed by atoms with Gasteiger partial charge in [-0.05, 0) is 38.1 Å². The number of piperidine rings is 1. The van der Waals surface area contributed by atoms with Crippen LogP contribution in [-0.4, -0.2) is 44.3 Å². The fourth-order valence-corrected chi connectivity index (χ4v) is 4.23. The molecule has 0 saturated carbocycles. The number of hydrogen-bond donors (Lipinski definition) is 0. The molecule has 29 heavy (non-hydrogen) atoms. The van der Waals surface area contributed by atoms with E-state index in [4.69, 9.17) is 9.47 Å². The number of hydrogen-bond acceptors (Lipinski definition) is 7. The summed E-state index contributed by atoms with van der Waals surface area (Å²) in [6.45, 7) is 2.92. The third kappa shape index (κ3) is 3.43. The number of nitro groups is 1. The van der Waals surface area contributed by atoms with E-state index >= 15 is 0 Å². The number of pyridine rings is 1. The van der Waals surface area contributed by atoms with Gasteiger partial charge in [-0.3, -0.25) is 19.4 Å². The molecule has 0 N–H and O–H groups in total. The van der Waals surface area contributed by atoms with Crippen LogP contribution in [0.3, 0.4) is 0 Å². The quantitative estimate of drug-likeness (QED) is 0.495. The second kappa shape index (κ2) is 7.41. The monoisotopic (exact) mass is 395 g/mol. The average Bonchev–Trinajstić information content (AvgIpc) is 3.18. The first-order valence-electron chi connectivity index (χ1n) is 9.72. The number of likely N-dealkylation sites (tertiary alicyclic amines) is 1. The summed E-state index contributed by atoms with van der Waals surface area (Å²) in [6.07, 6.45) is 3.94. The third-order valence-electron chi connectivity index (χ3n) is 5.67. The van der Waals surface area contributed by atoms with Gasteiger partial charge in [-0.15, -0.1) is 10.2 Å². The topological polar surface area (TPSA) is 95.0 Å². The van der Waals surface area contributed by atoms with Crippen LogP contribution in [0.4, 0.5) is 5.69 Å². The van der Waals surface area contributed by atoms with Crippen molar-refractivity contribution in [1.82, 2.24) is 19.5 Å². The van der Waals surface area contributed by atoms with Crippen molar-refractivity contribution in [2.45, 2.75) is 31.9 Å². The fourth-order valence-electron chi connectivity index (χ4n) is 4.23. The summed E-state index contributed by atoms with van der Waals surface area (Å²) in [5.41, 5.74) is 2.54. The van der Waals surface area contributed by atoms with Gasteiger partial charge < -0.3 is 9.47 Å². The van der Waals surface area contributed by atoms with Gasteiger partial charge in [0, 0.05) is 41.9 Å². The van der Waals surface area contributed by atoms with E-state index < -0.39 is 0 Å². The zero-order chi connectivity index (χ0) is 19.8. The Morgan fingerprint density at radius 1 is 1.21 bits per heavy atom. The first-order valence-corrected chi connectivity index (χ1v) is 9.72. The Bertz CT molecular complexity index is 1060. The Balaban J connectivity index is 1.32. The Hall–Kier alpha value is -3.04. The zero-order valence-electron chi connectivity index (χ0n) is 15.9. The first-order chi connectivity index (χ1) is 14.2. The highest BCUT2D eigenvalue weighted by Crippen LogP contribution is 2.35. The van der Waals surface area contributed by atoms with Crippen molar-refractivity contribution in [2.75, 3.05) is 19.9 Å². The number of fused-ring (bicyclic) bond motifs is 2. The summed E-state index contributed by atoms with van der Waals surface area (Å²) in [6, 6.07) is 9.08. The van der Waals surface area contributed by atoms with Crippen LogP contribution in [0, 0.1) is 10.1 Å². The molecule has 9 nitrogen and oxygen atoms in total. The summed E-state index contributed by atoms with van der Waals surface area (Å²) < 4.78 is 13.0. The molecular weight excluding hydrogens is 374 g/mol. The predicted octanol–water partition coefficient (Wildman–Crippen LogP) is 2.88. The molecule has 0 radical (unpaired) electrons. The molecule has 9 heteroatoms. The van der Waals surface area contributed by atoms with E-state index in [2.05, 4.69) is 19.5 Å². The SMILES string of the molecule is O=[N+]([O-])c1cc2c(c(CN3CCC(c4nnc5ccccn45)CC3)c1)OCOC2. The molecule has 1 fully saturated rings. The van der Waals surface area contributed by atoms with Gasteiger partial charge in [0.1, 0.15) is 11.6 Å². The molecule has 2 aliphatic heterocycles. The minimum atomic E-state index is -0.360. The lowest BCUT2D eigenvalue weighted by atomic mass is 9.95. The molecule has 2 aliphatic rings. The van der Waals surface area contributed by atoms with Gasteiger partial charge >= 0.3 is 0 Å². The van der Waals surface area contributed by atoms with Crippen LogP contribution in [0.2, 0.25) is 0 Å². The number of aromatic nitrogens is 3. The van der Waals surface area contributed by atoms with Crippen LogP contribution in [0.25, 0.3) is 5.65 Å². The third-order valence-corrected chi connectivity index (χ3v) is 5.67. The van der Waals surface area contributed by atoms with Gasteiger partial charge in [-0.1, -0.05) is 6.07 Å². The van der Waals surface area contributed by atoms with Crippen molar-refractivity contribution < 1.29 is 14.4 Å². The summed E-state index contributed by atoms with van der Waals surface area (Å²) >= 11 is 0. The maximum absolute atomic E-state index is 11.3. The van der Waals surface area contributed by atoms with Crippen molar-refractivity contribution in [1.29, 1.82) is 0 Å². The molecule has 0 aliphatic carbocycles. The molecule has 2 aromatic heterocycles. The van der Waals surface area contributed by atoms with Crippen molar-refractivity contribution in [3.05, 3.63) is 63.6 Å². The van der Waals surface area contributed by atoms with E-state index in [9.17, 15) is 10.1 Å². The van der Waals surface area contributed by atoms with Gasteiger partial charge in [-0.25, -0.2) is 0 Å². The minimum absolute atomic E-state index is 0.0812. The van der Waals surface area contributed by atoms with Crippen molar-refractivity contribution >= 4 is 11.3 Å². The molecule has 0 bridgehead atoms.